The van der Waals surface area contributed by atoms with Crippen LogP contribution in [0, 0.1) is 0 Å². The zero-order valence-corrected chi connectivity index (χ0v) is 31.2. The normalized spacial score (nSPS) is 10.8. The van der Waals surface area contributed by atoms with Gasteiger partial charge in [-0.1, -0.05) is 19.3 Å². The van der Waals surface area contributed by atoms with E-state index in [1.165, 1.54) is 40.9 Å². The number of hydrogen-bond donors (Lipinski definition) is 2. The molecule has 0 spiro atoms. The van der Waals surface area contributed by atoms with Gasteiger partial charge in [0.05, 0.1) is 52.0 Å². The molecule has 0 fully saturated rings. The van der Waals surface area contributed by atoms with Crippen molar-refractivity contribution in [3.05, 3.63) is 107 Å². The molecule has 288 valence electrons. The summed E-state index contributed by atoms with van der Waals surface area (Å²) in [5, 5.41) is 8.00. The minimum absolute atomic E-state index is 0.195. The molecule has 0 bridgehead atoms. The predicted molar refractivity (Wildman–Crippen MR) is 206 cm³/mol. The monoisotopic (exact) mass is 752 g/mol. The zero-order valence-electron chi connectivity index (χ0n) is 31.2. The first-order chi connectivity index (χ1) is 26.7. The smallest absolute Gasteiger partial charge is 0.343 e. The highest BCUT2D eigenvalue weighted by molar-refractivity contribution is 5.93. The Bertz CT molecular complexity index is 1820. The van der Waals surface area contributed by atoms with Gasteiger partial charge in [-0.25, -0.2) is 20.4 Å². The highest BCUT2D eigenvalue weighted by atomic mass is 16.5. The largest absolute Gasteiger partial charge is 0.493 e. The molecule has 0 aromatic heterocycles. The topological polar surface area (TPSA) is 172 Å². The molecule has 4 rings (SSSR count). The molecule has 0 aliphatic carbocycles. The van der Waals surface area contributed by atoms with Crippen molar-refractivity contribution in [3.8, 4) is 34.5 Å². The van der Waals surface area contributed by atoms with Crippen LogP contribution in [-0.4, -0.2) is 64.6 Å². The summed E-state index contributed by atoms with van der Waals surface area (Å²) < 4.78 is 31.7. The Morgan fingerprint density at radius 3 is 1.22 bits per heavy atom. The van der Waals surface area contributed by atoms with E-state index in [4.69, 9.17) is 28.4 Å². The predicted octanol–water partition coefficient (Wildman–Crippen LogP) is 6.49. The fraction of sp³-hybridized carbons (Fsp3) is 0.268. The van der Waals surface area contributed by atoms with Gasteiger partial charge >= 0.3 is 11.9 Å². The molecule has 2 amide bonds. The lowest BCUT2D eigenvalue weighted by atomic mass is 10.1. The number of nitrogens with zero attached hydrogens (tertiary/aromatic N) is 2. The molecule has 0 unspecified atom stereocenters. The van der Waals surface area contributed by atoms with Crippen LogP contribution in [0.15, 0.2) is 95.1 Å². The highest BCUT2D eigenvalue weighted by Crippen LogP contribution is 2.29. The van der Waals surface area contributed by atoms with Crippen LogP contribution in [0.2, 0.25) is 0 Å². The van der Waals surface area contributed by atoms with Gasteiger partial charge in [-0.2, -0.15) is 10.2 Å². The lowest BCUT2D eigenvalue weighted by Crippen LogP contribution is -2.17. The summed E-state index contributed by atoms with van der Waals surface area (Å²) in [6.45, 7) is 0. The summed E-state index contributed by atoms with van der Waals surface area (Å²) in [4.78, 5) is 49.4. The van der Waals surface area contributed by atoms with Crippen LogP contribution in [0.25, 0.3) is 0 Å². The van der Waals surface area contributed by atoms with Gasteiger partial charge in [0.1, 0.15) is 11.5 Å². The summed E-state index contributed by atoms with van der Waals surface area (Å²) in [6, 6.07) is 22.9. The fourth-order valence-electron chi connectivity index (χ4n) is 5.07. The first-order valence-electron chi connectivity index (χ1n) is 17.4. The molecule has 0 saturated carbocycles. The lowest BCUT2D eigenvalue weighted by Gasteiger charge is -2.09. The Labute approximate surface area is 319 Å². The fourth-order valence-corrected chi connectivity index (χ4v) is 5.07. The molecule has 0 aliphatic rings. The number of nitrogens with one attached hydrogen (secondary N) is 2. The average Bonchev–Trinajstić information content (AvgIpc) is 3.21. The van der Waals surface area contributed by atoms with E-state index in [-0.39, 0.29) is 11.8 Å². The number of ether oxygens (including phenoxy) is 6. The molecule has 0 aliphatic heterocycles. The number of carbonyl (C=O) groups is 4. The maximum atomic E-state index is 12.5. The third-order valence-corrected chi connectivity index (χ3v) is 8.03. The molecule has 2 N–H and O–H groups in total. The van der Waals surface area contributed by atoms with Crippen LogP contribution in [0.4, 0.5) is 0 Å². The van der Waals surface area contributed by atoms with Gasteiger partial charge in [0.25, 0.3) is 0 Å². The van der Waals surface area contributed by atoms with Gasteiger partial charge in [-0.15, -0.1) is 0 Å². The molecule has 55 heavy (non-hydrogen) atoms. The average molecular weight is 753 g/mol. The Hall–Kier alpha value is -6.70. The first-order valence-corrected chi connectivity index (χ1v) is 17.4. The molecule has 14 heteroatoms. The van der Waals surface area contributed by atoms with Gasteiger partial charge in [-0.05, 0) is 109 Å². The molecular formula is C41H44N4O10. The van der Waals surface area contributed by atoms with Crippen LogP contribution in [0.3, 0.4) is 0 Å². The van der Waals surface area contributed by atoms with Gasteiger partial charge < -0.3 is 28.4 Å². The molecule has 4 aromatic rings. The number of hydrazone groups is 2. The van der Waals surface area contributed by atoms with E-state index in [0.717, 1.165) is 19.3 Å². The van der Waals surface area contributed by atoms with Crippen molar-refractivity contribution in [1.82, 2.24) is 10.9 Å². The second-order valence-corrected chi connectivity index (χ2v) is 11.9. The number of benzene rings is 4. The first kappa shape index (κ1) is 41.1. The van der Waals surface area contributed by atoms with Crippen molar-refractivity contribution in [2.24, 2.45) is 10.2 Å². The Kier molecular flexibility index (Phi) is 16.2. The molecule has 0 saturated heterocycles. The maximum absolute atomic E-state index is 12.5. The number of esters is 2. The van der Waals surface area contributed by atoms with Gasteiger partial charge in [0, 0.05) is 12.8 Å². The van der Waals surface area contributed by atoms with E-state index in [2.05, 4.69) is 21.1 Å². The van der Waals surface area contributed by atoms with E-state index in [0.29, 0.717) is 82.4 Å². The number of amides is 2. The van der Waals surface area contributed by atoms with Crippen LogP contribution < -0.4 is 39.3 Å². The van der Waals surface area contributed by atoms with Gasteiger partial charge in [0.15, 0.2) is 23.0 Å². The number of unbranched alkanes of at least 4 members (excludes halogenated alkanes) is 4. The minimum atomic E-state index is -0.543. The summed E-state index contributed by atoms with van der Waals surface area (Å²) in [7, 11) is 6.00. The number of rotatable bonds is 20. The van der Waals surface area contributed by atoms with Crippen molar-refractivity contribution in [1.29, 1.82) is 0 Å². The Morgan fingerprint density at radius 2 is 0.855 bits per heavy atom. The quantitative estimate of drug-likeness (QED) is 0.0334. The van der Waals surface area contributed by atoms with Crippen molar-refractivity contribution in [2.45, 2.75) is 44.9 Å². The van der Waals surface area contributed by atoms with Crippen molar-refractivity contribution >= 4 is 36.2 Å². The SMILES string of the molecule is COc1ccc(C(=O)Oc2ccc(C=NNC(=O)CCCCCCCC(=O)NN=Cc3ccc(OC(=O)c4ccc(OC)c(OC)c4)cc3)cc2)cc1OC. The van der Waals surface area contributed by atoms with E-state index in [1.54, 1.807) is 84.9 Å². The van der Waals surface area contributed by atoms with Crippen molar-refractivity contribution in [3.63, 3.8) is 0 Å². The Balaban J connectivity index is 1.04. The summed E-state index contributed by atoms with van der Waals surface area (Å²) >= 11 is 0. The third-order valence-electron chi connectivity index (χ3n) is 8.03. The molecule has 0 atom stereocenters. The summed E-state index contributed by atoms with van der Waals surface area (Å²) in [6.07, 6.45) is 7.66. The second-order valence-electron chi connectivity index (χ2n) is 11.9. The molecule has 0 heterocycles. The summed E-state index contributed by atoms with van der Waals surface area (Å²) in [5.74, 6) is 1.09. The van der Waals surface area contributed by atoms with Crippen molar-refractivity contribution in [2.75, 3.05) is 28.4 Å². The standard InChI is InChI=1S/C41H44N4O10/c1-50-34-22-16-30(24-36(34)52-3)40(48)54-32-18-12-28(13-19-32)26-42-44-38(46)10-8-6-5-7-9-11-39(47)45-43-27-29-14-20-33(21-15-29)55-41(49)31-17-23-35(51-2)37(25-31)53-4/h12-27H,5-11H2,1-4H3,(H,44,46)(H,45,47). The number of carbonyl (C=O) groups excluding carboxylic acids is 4. The maximum Gasteiger partial charge on any atom is 0.343 e. The van der Waals surface area contributed by atoms with Gasteiger partial charge in [-0.3, -0.25) is 9.59 Å². The van der Waals surface area contributed by atoms with E-state index in [1.807, 2.05) is 0 Å². The highest BCUT2D eigenvalue weighted by Gasteiger charge is 2.14. The van der Waals surface area contributed by atoms with Crippen molar-refractivity contribution < 1.29 is 47.6 Å². The Morgan fingerprint density at radius 1 is 0.491 bits per heavy atom. The molecule has 0 radical (unpaired) electrons. The molecule has 4 aromatic carbocycles. The van der Waals surface area contributed by atoms with Crippen LogP contribution in [0.1, 0.15) is 76.8 Å². The zero-order chi connectivity index (χ0) is 39.4. The molecular weight excluding hydrogens is 708 g/mol. The minimum Gasteiger partial charge on any atom is -0.493 e. The lowest BCUT2D eigenvalue weighted by molar-refractivity contribution is -0.121. The van der Waals surface area contributed by atoms with Gasteiger partial charge in [0.2, 0.25) is 11.8 Å². The van der Waals surface area contributed by atoms with E-state index >= 15 is 0 Å². The second kappa shape index (κ2) is 21.7. The van der Waals surface area contributed by atoms with Crippen LogP contribution in [-0.2, 0) is 9.59 Å². The third kappa shape index (κ3) is 13.3. The molecule has 14 nitrogen and oxygen atoms in total. The van der Waals surface area contributed by atoms with Crippen LogP contribution in [0.5, 0.6) is 34.5 Å². The van der Waals surface area contributed by atoms with E-state index < -0.39 is 11.9 Å². The summed E-state index contributed by atoms with van der Waals surface area (Å²) in [5.41, 5.74) is 7.09. The number of hydrogen-bond acceptors (Lipinski definition) is 12. The number of methoxy groups -OCH3 is 4. The van der Waals surface area contributed by atoms with Crippen LogP contribution >= 0.6 is 0 Å². The van der Waals surface area contributed by atoms with E-state index in [9.17, 15) is 19.2 Å².